The highest BCUT2D eigenvalue weighted by Crippen LogP contribution is 2.42. The highest BCUT2D eigenvalue weighted by atomic mass is 32.2. The Hall–Kier alpha value is -2.37. The largest absolute Gasteiger partial charge is 0.327 e. The summed E-state index contributed by atoms with van der Waals surface area (Å²) in [5.41, 5.74) is 0.255. The molecule has 2 aliphatic rings. The number of nitrogens with one attached hydrogen (secondary N) is 1. The molecule has 3 N–H and O–H groups in total. The molecule has 138 valence electrons. The van der Waals surface area contributed by atoms with E-state index in [0.717, 1.165) is 16.7 Å². The van der Waals surface area contributed by atoms with Crippen molar-refractivity contribution in [3.05, 3.63) is 35.2 Å². The van der Waals surface area contributed by atoms with E-state index >= 15 is 0 Å². The van der Waals surface area contributed by atoms with Crippen LogP contribution in [0.3, 0.4) is 0 Å². The summed E-state index contributed by atoms with van der Waals surface area (Å²) in [6.07, 6.45) is 1.52. The van der Waals surface area contributed by atoms with Crippen molar-refractivity contribution < 1.29 is 22.8 Å². The maximum Gasteiger partial charge on any atom is 0.327 e. The van der Waals surface area contributed by atoms with Gasteiger partial charge in [-0.15, -0.1) is 0 Å². The summed E-state index contributed by atoms with van der Waals surface area (Å²) in [6, 6.07) is 5.11. The molecule has 0 radical (unpaired) electrons. The quantitative estimate of drug-likeness (QED) is 0.759. The number of amides is 4. The van der Waals surface area contributed by atoms with E-state index in [2.05, 4.69) is 5.32 Å². The maximum atomic E-state index is 12.5. The van der Waals surface area contributed by atoms with Crippen molar-refractivity contribution in [3.8, 4) is 0 Å². The van der Waals surface area contributed by atoms with Gasteiger partial charge in [-0.3, -0.25) is 14.5 Å². The van der Waals surface area contributed by atoms with Crippen LogP contribution in [0.1, 0.15) is 0 Å². The van der Waals surface area contributed by atoms with Crippen molar-refractivity contribution in [1.29, 1.82) is 0 Å². The number of sulfonamides is 1. The Balaban J connectivity index is 1.80. The van der Waals surface area contributed by atoms with Crippen molar-refractivity contribution >= 4 is 45.3 Å². The standard InChI is InChI=1S/C15H16N4O5S2/c1-18-13(21)10-7-11(25-14(10)19(2)15(18)22)12(20)17-8-4-3-5-9(6-8)26(16,23)24/h3-7,10,14H,1-2H3,(H,17,20)(H2,16,23,24). The van der Waals surface area contributed by atoms with Gasteiger partial charge in [-0.05, 0) is 24.3 Å². The molecule has 26 heavy (non-hydrogen) atoms. The fourth-order valence-electron chi connectivity index (χ4n) is 2.74. The Kier molecular flexibility index (Phi) is 4.54. The normalized spacial score (nSPS) is 23.0. The van der Waals surface area contributed by atoms with Gasteiger partial charge < -0.3 is 10.2 Å². The van der Waals surface area contributed by atoms with Crippen LogP contribution in [0.5, 0.6) is 0 Å². The number of urea groups is 1. The molecule has 1 aromatic rings. The number of rotatable bonds is 3. The van der Waals surface area contributed by atoms with Gasteiger partial charge in [0.25, 0.3) is 5.91 Å². The Morgan fingerprint density at radius 1 is 1.27 bits per heavy atom. The topological polar surface area (TPSA) is 130 Å². The Labute approximate surface area is 154 Å². The van der Waals surface area contributed by atoms with E-state index < -0.39 is 33.3 Å². The maximum absolute atomic E-state index is 12.5. The van der Waals surface area contributed by atoms with E-state index in [0.29, 0.717) is 0 Å². The van der Waals surface area contributed by atoms with Crippen LogP contribution in [0, 0.1) is 5.92 Å². The third-order valence-electron chi connectivity index (χ3n) is 4.12. The number of anilines is 1. The second-order valence-corrected chi connectivity index (χ2v) is 8.60. The lowest BCUT2D eigenvalue weighted by Gasteiger charge is -2.37. The van der Waals surface area contributed by atoms with Crippen LogP contribution in [0.15, 0.2) is 40.1 Å². The minimum absolute atomic E-state index is 0.126. The summed E-state index contributed by atoms with van der Waals surface area (Å²) in [6.45, 7) is 0. The molecule has 1 aromatic carbocycles. The van der Waals surface area contributed by atoms with E-state index in [9.17, 15) is 22.8 Å². The first kappa shape index (κ1) is 18.4. The molecule has 0 bridgehead atoms. The van der Waals surface area contributed by atoms with Gasteiger partial charge in [0.15, 0.2) is 0 Å². The molecule has 11 heteroatoms. The number of imide groups is 1. The van der Waals surface area contributed by atoms with Crippen molar-refractivity contribution in [3.63, 3.8) is 0 Å². The number of thioether (sulfide) groups is 1. The number of fused-ring (bicyclic) bond motifs is 1. The molecular weight excluding hydrogens is 380 g/mol. The van der Waals surface area contributed by atoms with E-state index in [-0.39, 0.29) is 21.4 Å². The van der Waals surface area contributed by atoms with Gasteiger partial charge >= 0.3 is 6.03 Å². The molecule has 1 saturated heterocycles. The zero-order chi connectivity index (χ0) is 19.2. The first-order valence-electron chi connectivity index (χ1n) is 7.46. The number of nitrogens with two attached hydrogens (primary N) is 1. The first-order valence-corrected chi connectivity index (χ1v) is 9.89. The van der Waals surface area contributed by atoms with Crippen molar-refractivity contribution in [2.24, 2.45) is 11.1 Å². The summed E-state index contributed by atoms with van der Waals surface area (Å²) in [5.74, 6) is -1.47. The number of nitrogens with zero attached hydrogens (tertiary/aromatic N) is 2. The Bertz CT molecular complexity index is 943. The van der Waals surface area contributed by atoms with E-state index in [4.69, 9.17) is 5.14 Å². The summed E-state index contributed by atoms with van der Waals surface area (Å²) >= 11 is 1.11. The van der Waals surface area contributed by atoms with Gasteiger partial charge in [-0.1, -0.05) is 17.8 Å². The zero-order valence-electron chi connectivity index (χ0n) is 13.9. The monoisotopic (exact) mass is 396 g/mol. The third-order valence-corrected chi connectivity index (χ3v) is 6.45. The van der Waals surface area contributed by atoms with E-state index in [1.165, 1.54) is 42.3 Å². The zero-order valence-corrected chi connectivity index (χ0v) is 15.5. The molecule has 4 amide bonds. The molecule has 0 spiro atoms. The molecule has 1 fully saturated rings. The average Bonchev–Trinajstić information content (AvgIpc) is 3.03. The van der Waals surface area contributed by atoms with E-state index in [1.807, 2.05) is 0 Å². The summed E-state index contributed by atoms with van der Waals surface area (Å²) in [7, 11) is -0.924. The summed E-state index contributed by atoms with van der Waals surface area (Å²) < 4.78 is 22.8. The van der Waals surface area contributed by atoms with Crippen LogP contribution >= 0.6 is 11.8 Å². The van der Waals surface area contributed by atoms with Gasteiger partial charge in [0.1, 0.15) is 0 Å². The highest BCUT2D eigenvalue weighted by Gasteiger charge is 2.47. The van der Waals surface area contributed by atoms with Gasteiger partial charge in [0.05, 0.1) is 21.1 Å². The van der Waals surface area contributed by atoms with Crippen LogP contribution in [0.2, 0.25) is 0 Å². The molecule has 3 rings (SSSR count). The van der Waals surface area contributed by atoms with E-state index in [1.54, 1.807) is 7.05 Å². The molecule has 2 heterocycles. The molecule has 2 unspecified atom stereocenters. The minimum Gasteiger partial charge on any atom is -0.322 e. The molecular formula is C15H16N4O5S2. The van der Waals surface area contributed by atoms with Gasteiger partial charge in [0.2, 0.25) is 15.9 Å². The fourth-order valence-corrected chi connectivity index (χ4v) is 4.53. The Morgan fingerprint density at radius 3 is 2.62 bits per heavy atom. The van der Waals surface area contributed by atoms with Gasteiger partial charge in [0, 0.05) is 19.8 Å². The first-order chi connectivity index (χ1) is 12.1. The lowest BCUT2D eigenvalue weighted by molar-refractivity contribution is -0.133. The molecule has 2 atom stereocenters. The Morgan fingerprint density at radius 2 is 1.96 bits per heavy atom. The predicted molar refractivity (Wildman–Crippen MR) is 95.3 cm³/mol. The van der Waals surface area contributed by atoms with Crippen LogP contribution in [0.25, 0.3) is 0 Å². The third kappa shape index (κ3) is 3.20. The predicted octanol–water partition coefficient (Wildman–Crippen LogP) is 0.369. The van der Waals surface area contributed by atoms with Crippen molar-refractivity contribution in [2.75, 3.05) is 19.4 Å². The highest BCUT2D eigenvalue weighted by molar-refractivity contribution is 8.04. The van der Waals surface area contributed by atoms with Gasteiger partial charge in [-0.2, -0.15) is 0 Å². The minimum atomic E-state index is -3.89. The molecule has 0 saturated carbocycles. The summed E-state index contributed by atoms with van der Waals surface area (Å²) in [4.78, 5) is 39.3. The van der Waals surface area contributed by atoms with Gasteiger partial charge in [-0.25, -0.2) is 18.4 Å². The number of primary sulfonamides is 1. The van der Waals surface area contributed by atoms with Crippen LogP contribution < -0.4 is 10.5 Å². The second kappa shape index (κ2) is 6.41. The number of carbonyl (C=O) groups excluding carboxylic acids is 3. The lowest BCUT2D eigenvalue weighted by atomic mass is 10.0. The molecule has 9 nitrogen and oxygen atoms in total. The fraction of sp³-hybridized carbons (Fsp3) is 0.267. The SMILES string of the molecule is CN1C(=O)C2C=C(C(=O)Nc3cccc(S(N)(=O)=O)c3)SC2N(C)C1=O. The van der Waals surface area contributed by atoms with Crippen molar-refractivity contribution in [1.82, 2.24) is 9.80 Å². The average molecular weight is 396 g/mol. The number of hydrogen-bond acceptors (Lipinski definition) is 6. The van der Waals surface area contributed by atoms with Crippen LogP contribution in [0.4, 0.5) is 10.5 Å². The number of carbonyl (C=O) groups is 3. The molecule has 2 aliphatic heterocycles. The second-order valence-electron chi connectivity index (χ2n) is 5.88. The lowest BCUT2D eigenvalue weighted by Crippen LogP contribution is -2.56. The van der Waals surface area contributed by atoms with Crippen molar-refractivity contribution in [2.45, 2.75) is 10.3 Å². The number of benzene rings is 1. The number of hydrogen-bond donors (Lipinski definition) is 2. The van der Waals surface area contributed by atoms with Crippen LogP contribution in [-0.2, 0) is 19.6 Å². The summed E-state index contributed by atoms with van der Waals surface area (Å²) in [5, 5.41) is 7.18. The van der Waals surface area contributed by atoms with Crippen LogP contribution in [-0.4, -0.2) is 55.5 Å². The molecule has 0 aromatic heterocycles. The molecule has 0 aliphatic carbocycles. The smallest absolute Gasteiger partial charge is 0.322 e.